The van der Waals surface area contributed by atoms with Crippen LogP contribution >= 0.6 is 0 Å². The van der Waals surface area contributed by atoms with Crippen LogP contribution in [0.2, 0.25) is 0 Å². The molecule has 0 atom stereocenters. The number of unbranched alkanes of at least 4 members (excludes halogenated alkanes) is 3. The van der Waals surface area contributed by atoms with Gasteiger partial charge in [0.1, 0.15) is 22.8 Å². The molecule has 182 valence electrons. The van der Waals surface area contributed by atoms with Crippen LogP contribution in [0.3, 0.4) is 0 Å². The molecule has 4 aromatic carbocycles. The van der Waals surface area contributed by atoms with E-state index in [0.717, 1.165) is 64.9 Å². The number of hydrogen-bond donors (Lipinski definition) is 3. The molecular weight excluding hydrogens is 454 g/mol. The zero-order chi connectivity index (χ0) is 25.1. The molecule has 0 fully saturated rings. The molecule has 0 radical (unpaired) electrons. The van der Waals surface area contributed by atoms with Gasteiger partial charge in [0, 0.05) is 17.7 Å². The van der Waals surface area contributed by atoms with Gasteiger partial charge in [0.05, 0.1) is 6.61 Å². The average molecular weight is 482 g/mol. The quantitative estimate of drug-likeness (QED) is 0.169. The van der Waals surface area contributed by atoms with Gasteiger partial charge in [-0.15, -0.1) is 0 Å². The molecule has 0 saturated heterocycles. The van der Waals surface area contributed by atoms with Gasteiger partial charge in [-0.1, -0.05) is 74.7 Å². The summed E-state index contributed by atoms with van der Waals surface area (Å²) in [4.78, 5) is 13.7. The highest BCUT2D eigenvalue weighted by atomic mass is 16.5. The van der Waals surface area contributed by atoms with E-state index in [-0.39, 0.29) is 34.6 Å². The number of phenols is 3. The number of benzene rings is 4. The highest BCUT2D eigenvalue weighted by Crippen LogP contribution is 2.40. The summed E-state index contributed by atoms with van der Waals surface area (Å²) in [6, 6.07) is 20.5. The van der Waals surface area contributed by atoms with E-state index in [1.807, 2.05) is 42.5 Å². The van der Waals surface area contributed by atoms with Gasteiger partial charge >= 0.3 is 6.01 Å². The van der Waals surface area contributed by atoms with Crippen LogP contribution in [0.15, 0.2) is 66.7 Å². The molecular formula is C29H27N3O4. The first-order valence-electron chi connectivity index (χ1n) is 12.1. The van der Waals surface area contributed by atoms with Crippen LogP contribution in [0.1, 0.15) is 32.6 Å². The fourth-order valence-electron chi connectivity index (χ4n) is 4.41. The highest BCUT2D eigenvalue weighted by Gasteiger charge is 2.20. The van der Waals surface area contributed by atoms with Crippen molar-refractivity contribution in [2.24, 2.45) is 0 Å². The molecule has 0 unspecified atom stereocenters. The predicted octanol–water partition coefficient (Wildman–Crippen LogP) is 6.59. The molecule has 3 N–H and O–H groups in total. The molecule has 1 heterocycles. The summed E-state index contributed by atoms with van der Waals surface area (Å²) >= 11 is 0. The van der Waals surface area contributed by atoms with Gasteiger partial charge in [-0.05, 0) is 34.0 Å². The van der Waals surface area contributed by atoms with Crippen LogP contribution in [0.25, 0.3) is 44.3 Å². The number of aromatic hydroxyl groups is 3. The van der Waals surface area contributed by atoms with Crippen molar-refractivity contribution in [2.45, 2.75) is 32.6 Å². The second-order valence-corrected chi connectivity index (χ2v) is 8.72. The maximum atomic E-state index is 10.5. The first-order chi connectivity index (χ1) is 17.5. The van der Waals surface area contributed by atoms with Gasteiger partial charge in [0.25, 0.3) is 0 Å². The Labute approximate surface area is 208 Å². The van der Waals surface area contributed by atoms with Crippen molar-refractivity contribution in [1.82, 2.24) is 15.0 Å². The summed E-state index contributed by atoms with van der Waals surface area (Å²) in [5.41, 5.74) is 0.777. The molecule has 5 rings (SSSR count). The minimum absolute atomic E-state index is 0.00243. The van der Waals surface area contributed by atoms with Crippen molar-refractivity contribution in [3.05, 3.63) is 66.7 Å². The molecule has 1 aromatic heterocycles. The molecule has 0 aliphatic carbocycles. The lowest BCUT2D eigenvalue weighted by Crippen LogP contribution is -2.05. The van der Waals surface area contributed by atoms with E-state index >= 15 is 0 Å². The number of rotatable bonds is 8. The maximum absolute atomic E-state index is 10.5. The van der Waals surface area contributed by atoms with Gasteiger partial charge in [0.15, 0.2) is 11.6 Å². The second kappa shape index (κ2) is 10.1. The Morgan fingerprint density at radius 2 is 1.36 bits per heavy atom. The van der Waals surface area contributed by atoms with Crippen molar-refractivity contribution < 1.29 is 20.1 Å². The van der Waals surface area contributed by atoms with E-state index in [1.54, 1.807) is 0 Å². The lowest BCUT2D eigenvalue weighted by molar-refractivity contribution is 0.281. The molecule has 7 heteroatoms. The fourth-order valence-corrected chi connectivity index (χ4v) is 4.41. The predicted molar refractivity (Wildman–Crippen MR) is 140 cm³/mol. The maximum Gasteiger partial charge on any atom is 0.320 e. The lowest BCUT2D eigenvalue weighted by atomic mass is 9.97. The van der Waals surface area contributed by atoms with Crippen LogP contribution in [0.5, 0.6) is 23.3 Å². The molecule has 0 amide bonds. The number of hydrogen-bond acceptors (Lipinski definition) is 7. The van der Waals surface area contributed by atoms with Crippen molar-refractivity contribution >= 4 is 21.5 Å². The normalized spacial score (nSPS) is 11.2. The summed E-state index contributed by atoms with van der Waals surface area (Å²) in [7, 11) is 0. The SMILES string of the molecule is CCCCCCOc1nc(-c2c(O)cc(O)cc2O)nc(-c2cc3ccccc3c3ccccc23)n1. The van der Waals surface area contributed by atoms with Crippen molar-refractivity contribution in [3.8, 4) is 46.0 Å². The van der Waals surface area contributed by atoms with Gasteiger partial charge in [-0.2, -0.15) is 9.97 Å². The van der Waals surface area contributed by atoms with E-state index in [0.29, 0.717) is 12.4 Å². The highest BCUT2D eigenvalue weighted by molar-refractivity contribution is 6.13. The van der Waals surface area contributed by atoms with Gasteiger partial charge in [-0.3, -0.25) is 0 Å². The number of phenolic OH excluding ortho intramolecular Hbond substituents is 3. The number of nitrogens with zero attached hydrogens (tertiary/aromatic N) is 3. The van der Waals surface area contributed by atoms with Crippen LogP contribution < -0.4 is 4.74 Å². The molecule has 0 bridgehead atoms. The van der Waals surface area contributed by atoms with Gasteiger partial charge < -0.3 is 20.1 Å². The minimum atomic E-state index is -0.345. The molecule has 7 nitrogen and oxygen atoms in total. The molecule has 0 saturated carbocycles. The Bertz CT molecular complexity index is 1530. The van der Waals surface area contributed by atoms with E-state index in [4.69, 9.17) is 4.74 Å². The standard InChI is InChI=1S/C29H27N3O4/c1-2-3-4-9-14-36-29-31-27(30-28(32-29)26-24(34)16-19(33)17-25(26)35)23-15-18-10-5-6-11-20(18)21-12-7-8-13-22(21)23/h5-8,10-13,15-17,33-35H,2-4,9,14H2,1H3. The summed E-state index contributed by atoms with van der Waals surface area (Å²) in [6.45, 7) is 2.59. The lowest BCUT2D eigenvalue weighted by Gasteiger charge is -2.13. The Kier molecular flexibility index (Phi) is 6.54. The number of ether oxygens (including phenoxy) is 1. The van der Waals surface area contributed by atoms with Crippen molar-refractivity contribution in [1.29, 1.82) is 0 Å². The summed E-state index contributed by atoms with van der Waals surface area (Å²) < 4.78 is 5.91. The smallest absolute Gasteiger partial charge is 0.320 e. The van der Waals surface area contributed by atoms with Crippen LogP contribution in [0, 0.1) is 0 Å². The Morgan fingerprint density at radius 1 is 0.694 bits per heavy atom. The molecule has 36 heavy (non-hydrogen) atoms. The average Bonchev–Trinajstić information content (AvgIpc) is 2.87. The van der Waals surface area contributed by atoms with Crippen LogP contribution in [0.4, 0.5) is 0 Å². The molecule has 0 spiro atoms. The Balaban J connectivity index is 1.69. The topological polar surface area (TPSA) is 109 Å². The van der Waals surface area contributed by atoms with Crippen LogP contribution in [-0.2, 0) is 0 Å². The zero-order valence-electron chi connectivity index (χ0n) is 20.0. The van der Waals surface area contributed by atoms with Crippen molar-refractivity contribution in [3.63, 3.8) is 0 Å². The zero-order valence-corrected chi connectivity index (χ0v) is 20.0. The van der Waals surface area contributed by atoms with Gasteiger partial charge in [-0.25, -0.2) is 4.98 Å². The van der Waals surface area contributed by atoms with Crippen molar-refractivity contribution in [2.75, 3.05) is 6.61 Å². The third kappa shape index (κ3) is 4.60. The third-order valence-electron chi connectivity index (χ3n) is 6.16. The Hall–Kier alpha value is -4.39. The largest absolute Gasteiger partial charge is 0.508 e. The first-order valence-corrected chi connectivity index (χ1v) is 12.1. The van der Waals surface area contributed by atoms with Gasteiger partial charge in [0.2, 0.25) is 0 Å². The van der Waals surface area contributed by atoms with E-state index in [1.165, 1.54) is 0 Å². The minimum Gasteiger partial charge on any atom is -0.508 e. The second-order valence-electron chi connectivity index (χ2n) is 8.72. The third-order valence-corrected chi connectivity index (χ3v) is 6.16. The first kappa shape index (κ1) is 23.4. The van der Waals surface area contributed by atoms with E-state index < -0.39 is 0 Å². The monoisotopic (exact) mass is 481 g/mol. The molecule has 5 aromatic rings. The van der Waals surface area contributed by atoms with Crippen LogP contribution in [-0.4, -0.2) is 36.9 Å². The van der Waals surface area contributed by atoms with E-state index in [9.17, 15) is 15.3 Å². The summed E-state index contributed by atoms with van der Waals surface area (Å²) in [5, 5.41) is 34.9. The molecule has 0 aliphatic rings. The molecule has 0 aliphatic heterocycles. The fraction of sp³-hybridized carbons (Fsp3) is 0.207. The van der Waals surface area contributed by atoms with E-state index in [2.05, 4.69) is 34.0 Å². The Morgan fingerprint density at radius 3 is 2.11 bits per heavy atom. The summed E-state index contributed by atoms with van der Waals surface area (Å²) in [6.07, 6.45) is 4.14. The number of fused-ring (bicyclic) bond motifs is 3. The summed E-state index contributed by atoms with van der Waals surface area (Å²) in [5.74, 6) is -0.548. The number of aromatic nitrogens is 3.